The highest BCUT2D eigenvalue weighted by Gasteiger charge is 2.38. The molecule has 1 saturated heterocycles. The number of imide groups is 1. The first-order valence-corrected chi connectivity index (χ1v) is 5.99. The van der Waals surface area contributed by atoms with Crippen LogP contribution in [0.4, 0.5) is 0 Å². The number of hydrogen-bond acceptors (Lipinski definition) is 4. The van der Waals surface area contributed by atoms with Gasteiger partial charge in [0.05, 0.1) is 0 Å². The van der Waals surface area contributed by atoms with Gasteiger partial charge in [-0.1, -0.05) is 41.0 Å². The first kappa shape index (κ1) is 18.0. The Balaban J connectivity index is 0. The summed E-state index contributed by atoms with van der Waals surface area (Å²) in [5, 5.41) is 0.535. The van der Waals surface area contributed by atoms with Crippen LogP contribution in [0.3, 0.4) is 0 Å². The molecular formula is C12H23NO4. The molecule has 0 bridgehead atoms. The van der Waals surface area contributed by atoms with Gasteiger partial charge in [-0.3, -0.25) is 9.59 Å². The lowest BCUT2D eigenvalue weighted by Crippen LogP contribution is -2.32. The summed E-state index contributed by atoms with van der Waals surface area (Å²) in [7, 11) is 0. The molecule has 0 N–H and O–H groups in total. The van der Waals surface area contributed by atoms with Crippen LogP contribution >= 0.6 is 0 Å². The van der Waals surface area contributed by atoms with Crippen LogP contribution in [-0.2, 0) is 19.2 Å². The van der Waals surface area contributed by atoms with Crippen LogP contribution in [0, 0.1) is 5.92 Å². The van der Waals surface area contributed by atoms with Crippen LogP contribution in [0.25, 0.3) is 0 Å². The predicted molar refractivity (Wildman–Crippen MR) is 64.7 cm³/mol. The second-order valence-corrected chi connectivity index (χ2v) is 3.42. The van der Waals surface area contributed by atoms with Crippen LogP contribution in [0.15, 0.2) is 0 Å². The zero-order chi connectivity index (χ0) is 14.0. The maximum atomic E-state index is 11.1. The number of amides is 2. The van der Waals surface area contributed by atoms with Crippen LogP contribution in [0.1, 0.15) is 54.4 Å². The molecule has 2 amide bonds. The number of carbonyl (C=O) groups excluding carboxylic acids is 3. The molecule has 0 saturated carbocycles. The van der Waals surface area contributed by atoms with E-state index >= 15 is 0 Å². The van der Waals surface area contributed by atoms with Gasteiger partial charge in [-0.2, -0.15) is 0 Å². The van der Waals surface area contributed by atoms with E-state index in [4.69, 9.17) is 0 Å². The van der Waals surface area contributed by atoms with Gasteiger partial charge in [-0.05, 0) is 0 Å². The fourth-order valence-electron chi connectivity index (χ4n) is 0.980. The maximum absolute atomic E-state index is 11.1. The minimum Gasteiger partial charge on any atom is -0.331 e. The standard InChI is InChI=1S/C7H9NO4.C3H8.C2H6/c1-4-3-6(10)8(7(4)11)12-5(2)9;1-3-2;1-2/h4H,3H2,1-2H3;3H2,1-2H3;1-2H3. The fraction of sp³-hybridized carbons (Fsp3) is 0.750. The average Bonchev–Trinajstić information content (AvgIpc) is 2.49. The van der Waals surface area contributed by atoms with Crippen molar-refractivity contribution in [2.45, 2.75) is 54.4 Å². The van der Waals surface area contributed by atoms with E-state index in [1.807, 2.05) is 13.8 Å². The number of nitrogens with zero attached hydrogens (tertiary/aromatic N) is 1. The first-order chi connectivity index (χ1) is 7.93. The number of hydroxylamine groups is 2. The lowest BCUT2D eigenvalue weighted by molar-refractivity contribution is -0.196. The Bertz CT molecular complexity index is 263. The van der Waals surface area contributed by atoms with Crippen molar-refractivity contribution in [1.29, 1.82) is 0 Å². The Morgan fingerprint density at radius 2 is 1.76 bits per heavy atom. The van der Waals surface area contributed by atoms with Crippen LogP contribution in [-0.4, -0.2) is 22.8 Å². The van der Waals surface area contributed by atoms with Crippen molar-refractivity contribution in [3.05, 3.63) is 0 Å². The molecule has 0 aromatic heterocycles. The van der Waals surface area contributed by atoms with Gasteiger partial charge in [0.1, 0.15) is 0 Å². The zero-order valence-corrected chi connectivity index (χ0v) is 11.6. The summed E-state index contributed by atoms with van der Waals surface area (Å²) in [6, 6.07) is 0. The molecule has 1 aliphatic rings. The lowest BCUT2D eigenvalue weighted by Gasteiger charge is -2.10. The van der Waals surface area contributed by atoms with Gasteiger partial charge in [0.2, 0.25) is 0 Å². The monoisotopic (exact) mass is 245 g/mol. The fourth-order valence-corrected chi connectivity index (χ4v) is 0.980. The summed E-state index contributed by atoms with van der Waals surface area (Å²) >= 11 is 0. The molecule has 5 nitrogen and oxygen atoms in total. The molecule has 0 aliphatic carbocycles. The van der Waals surface area contributed by atoms with Gasteiger partial charge in [0, 0.05) is 19.3 Å². The summed E-state index contributed by atoms with van der Waals surface area (Å²) in [6.07, 6.45) is 1.37. The molecule has 1 heterocycles. The summed E-state index contributed by atoms with van der Waals surface area (Å²) in [5.74, 6) is -1.94. The molecular weight excluding hydrogens is 222 g/mol. The van der Waals surface area contributed by atoms with Crippen molar-refractivity contribution in [1.82, 2.24) is 5.06 Å². The van der Waals surface area contributed by atoms with Crippen LogP contribution < -0.4 is 0 Å². The highest BCUT2D eigenvalue weighted by molar-refractivity contribution is 6.02. The van der Waals surface area contributed by atoms with E-state index in [0.29, 0.717) is 5.06 Å². The van der Waals surface area contributed by atoms with Crippen molar-refractivity contribution in [3.8, 4) is 0 Å². The van der Waals surface area contributed by atoms with Crippen molar-refractivity contribution < 1.29 is 19.2 Å². The normalized spacial score (nSPS) is 17.8. The lowest BCUT2D eigenvalue weighted by atomic mass is 10.1. The first-order valence-electron chi connectivity index (χ1n) is 5.99. The highest BCUT2D eigenvalue weighted by Crippen LogP contribution is 2.18. The molecule has 1 rings (SSSR count). The Labute approximate surface area is 103 Å². The molecule has 5 heteroatoms. The van der Waals surface area contributed by atoms with Gasteiger partial charge in [-0.15, -0.1) is 5.06 Å². The van der Waals surface area contributed by atoms with Gasteiger partial charge in [-0.25, -0.2) is 4.79 Å². The van der Waals surface area contributed by atoms with Crippen molar-refractivity contribution >= 4 is 17.8 Å². The molecule has 1 aliphatic heterocycles. The molecule has 1 fully saturated rings. The van der Waals surface area contributed by atoms with Crippen molar-refractivity contribution in [3.63, 3.8) is 0 Å². The smallest absolute Gasteiger partial charge is 0.330 e. The van der Waals surface area contributed by atoms with Crippen LogP contribution in [0.2, 0.25) is 0 Å². The summed E-state index contributed by atoms with van der Waals surface area (Å²) in [6.45, 7) is 11.0. The number of carbonyl (C=O) groups is 3. The van der Waals surface area contributed by atoms with E-state index in [1.165, 1.54) is 6.42 Å². The minimum atomic E-state index is -0.661. The quantitative estimate of drug-likeness (QED) is 0.665. The predicted octanol–water partition coefficient (Wildman–Crippen LogP) is 2.30. The third kappa shape index (κ3) is 6.71. The number of hydrogen-bond donors (Lipinski definition) is 0. The second-order valence-electron chi connectivity index (χ2n) is 3.42. The molecule has 17 heavy (non-hydrogen) atoms. The van der Waals surface area contributed by atoms with E-state index in [-0.39, 0.29) is 12.3 Å². The van der Waals surface area contributed by atoms with E-state index < -0.39 is 17.8 Å². The second kappa shape index (κ2) is 9.81. The highest BCUT2D eigenvalue weighted by atomic mass is 16.7. The third-order valence-electron chi connectivity index (χ3n) is 1.55. The Morgan fingerprint density at radius 3 is 2.00 bits per heavy atom. The molecule has 0 aromatic carbocycles. The average molecular weight is 245 g/mol. The van der Waals surface area contributed by atoms with E-state index in [9.17, 15) is 14.4 Å². The van der Waals surface area contributed by atoms with Gasteiger partial charge in [0.15, 0.2) is 0 Å². The summed E-state index contributed by atoms with van der Waals surface area (Å²) in [4.78, 5) is 36.9. The number of rotatable bonds is 1. The van der Waals surface area contributed by atoms with Gasteiger partial charge in [0.25, 0.3) is 11.8 Å². The maximum Gasteiger partial charge on any atom is 0.330 e. The Morgan fingerprint density at radius 1 is 1.35 bits per heavy atom. The van der Waals surface area contributed by atoms with Crippen molar-refractivity contribution in [2.75, 3.05) is 0 Å². The Kier molecular flexibility index (Phi) is 10.4. The molecule has 100 valence electrons. The largest absolute Gasteiger partial charge is 0.331 e. The SMILES string of the molecule is CC.CC(=O)ON1C(=O)CC(C)C1=O.CCC. The molecule has 0 aromatic rings. The van der Waals surface area contributed by atoms with Gasteiger partial charge >= 0.3 is 5.97 Å². The van der Waals surface area contributed by atoms with E-state index in [0.717, 1.165) is 6.92 Å². The molecule has 0 spiro atoms. The zero-order valence-electron chi connectivity index (χ0n) is 11.6. The van der Waals surface area contributed by atoms with Gasteiger partial charge < -0.3 is 4.84 Å². The van der Waals surface area contributed by atoms with E-state index in [2.05, 4.69) is 18.7 Å². The van der Waals surface area contributed by atoms with E-state index in [1.54, 1.807) is 6.92 Å². The molecule has 0 radical (unpaired) electrons. The summed E-state index contributed by atoms with van der Waals surface area (Å²) in [5.41, 5.74) is 0. The Hall–Kier alpha value is -1.39. The van der Waals surface area contributed by atoms with Crippen molar-refractivity contribution in [2.24, 2.45) is 5.92 Å². The molecule has 1 unspecified atom stereocenters. The summed E-state index contributed by atoms with van der Waals surface area (Å²) < 4.78 is 0. The molecule has 1 atom stereocenters. The topological polar surface area (TPSA) is 63.7 Å². The third-order valence-corrected chi connectivity index (χ3v) is 1.55. The minimum absolute atomic E-state index is 0.117. The van der Waals surface area contributed by atoms with Crippen LogP contribution in [0.5, 0.6) is 0 Å².